The van der Waals surface area contributed by atoms with Crippen LogP contribution in [0.1, 0.15) is 57.8 Å². The molecule has 1 aromatic heterocycles. The Balaban J connectivity index is 1.17. The lowest BCUT2D eigenvalue weighted by molar-refractivity contribution is -0.143. The van der Waals surface area contributed by atoms with Crippen LogP contribution in [0, 0.1) is 5.82 Å². The minimum Gasteiger partial charge on any atom is -0.341 e. The number of benzene rings is 4. The summed E-state index contributed by atoms with van der Waals surface area (Å²) in [4.78, 5) is 27.3. The topological polar surface area (TPSA) is 55.5 Å². The Morgan fingerprint density at radius 3 is 2.15 bits per heavy atom. The van der Waals surface area contributed by atoms with Crippen LogP contribution in [0.25, 0.3) is 11.0 Å². The van der Waals surface area contributed by atoms with Crippen molar-refractivity contribution in [1.82, 2.24) is 19.8 Å². The van der Waals surface area contributed by atoms with Gasteiger partial charge in [0.05, 0.1) is 32.2 Å². The van der Waals surface area contributed by atoms with Crippen LogP contribution in [0.15, 0.2) is 84.9 Å². The molecule has 0 aliphatic carbocycles. The Hall–Kier alpha value is -4.33. The minimum absolute atomic E-state index is 0.00280. The smallest absolute Gasteiger partial charge is 0.341 e. The predicted octanol–water partition coefficient (Wildman–Crippen LogP) is 10.5. The lowest BCUT2D eigenvalue weighted by atomic mass is 9.93. The van der Waals surface area contributed by atoms with Crippen LogP contribution in [0.2, 0.25) is 10.0 Å². The summed E-state index contributed by atoms with van der Waals surface area (Å²) in [6, 6.07) is 20.1. The molecule has 0 radical (unpaired) electrons. The number of likely N-dealkylation sites (N-methyl/N-ethyl adjacent to an activating group) is 1. The van der Waals surface area contributed by atoms with Gasteiger partial charge in [0.2, 0.25) is 5.95 Å². The quantitative estimate of drug-likeness (QED) is 0.135. The van der Waals surface area contributed by atoms with Gasteiger partial charge < -0.3 is 19.7 Å². The van der Waals surface area contributed by atoms with E-state index >= 15 is 0 Å². The third-order valence-corrected chi connectivity index (χ3v) is 10.5. The van der Waals surface area contributed by atoms with Crippen molar-refractivity contribution in [1.29, 1.82) is 0 Å². The van der Waals surface area contributed by atoms with Gasteiger partial charge in [-0.25, -0.2) is 9.37 Å². The van der Waals surface area contributed by atoms with Crippen LogP contribution in [0.3, 0.4) is 0 Å². The molecule has 1 aliphatic rings. The molecule has 1 aliphatic heterocycles. The Labute approximate surface area is 317 Å². The van der Waals surface area contributed by atoms with Crippen LogP contribution < -0.4 is 4.90 Å². The summed E-state index contributed by atoms with van der Waals surface area (Å²) in [5, 5.41) is 0.581. The van der Waals surface area contributed by atoms with Crippen molar-refractivity contribution in [3.63, 3.8) is 0 Å². The molecule has 1 N–H and O–H groups in total. The molecule has 54 heavy (non-hydrogen) atoms. The van der Waals surface area contributed by atoms with E-state index in [2.05, 4.69) is 14.8 Å². The maximum Gasteiger partial charge on any atom is 0.416 e. The highest BCUT2D eigenvalue weighted by molar-refractivity contribution is 6.42. The van der Waals surface area contributed by atoms with E-state index in [-0.39, 0.29) is 35.4 Å². The molecule has 1 atom stereocenters. The number of piperidine rings is 1. The second-order valence-electron chi connectivity index (χ2n) is 13.5. The van der Waals surface area contributed by atoms with Crippen LogP contribution in [0.4, 0.5) is 36.7 Å². The van der Waals surface area contributed by atoms with Crippen LogP contribution in [-0.2, 0) is 18.9 Å². The number of carbonyl (C=O) groups excluding carboxylic acids is 1. The average molecular weight is 795 g/mol. The molecule has 6 rings (SSSR count). The first kappa shape index (κ1) is 39.4. The number of hydrogen-bond donors (Lipinski definition) is 1. The highest BCUT2D eigenvalue weighted by atomic mass is 35.5. The van der Waals surface area contributed by atoms with E-state index in [4.69, 9.17) is 28.2 Å². The normalized spacial score (nSPS) is 15.1. The van der Waals surface area contributed by atoms with Gasteiger partial charge in [-0.1, -0.05) is 53.5 Å². The lowest BCUT2D eigenvalue weighted by Crippen LogP contribution is -2.45. The number of anilines is 1. The number of aromatic amines is 1. The van der Waals surface area contributed by atoms with Gasteiger partial charge in [0, 0.05) is 50.7 Å². The fraction of sp³-hybridized carbons (Fsp3) is 0.333. The maximum absolute atomic E-state index is 13.7. The predicted molar refractivity (Wildman–Crippen MR) is 195 cm³/mol. The van der Waals surface area contributed by atoms with Crippen molar-refractivity contribution >= 4 is 46.1 Å². The van der Waals surface area contributed by atoms with Gasteiger partial charge in [0.25, 0.3) is 5.91 Å². The van der Waals surface area contributed by atoms with E-state index in [1.807, 2.05) is 24.3 Å². The summed E-state index contributed by atoms with van der Waals surface area (Å²) < 4.78 is 95.0. The van der Waals surface area contributed by atoms with E-state index in [0.717, 1.165) is 53.4 Å². The largest absolute Gasteiger partial charge is 0.416 e. The molecule has 5 aromatic rings. The number of halogens is 9. The number of aromatic nitrogens is 2. The van der Waals surface area contributed by atoms with Crippen LogP contribution in [-0.4, -0.2) is 64.9 Å². The van der Waals surface area contributed by atoms with Gasteiger partial charge in [0.1, 0.15) is 5.82 Å². The zero-order chi connectivity index (χ0) is 38.8. The number of para-hydroxylation sites is 2. The van der Waals surface area contributed by atoms with Crippen LogP contribution in [0.5, 0.6) is 0 Å². The lowest BCUT2D eigenvalue weighted by Gasteiger charge is -2.39. The minimum atomic E-state index is -5.09. The third kappa shape index (κ3) is 9.48. The summed E-state index contributed by atoms with van der Waals surface area (Å²) >= 11 is 12.5. The number of nitrogens with one attached hydrogen (secondary N) is 1. The van der Waals surface area contributed by atoms with Crippen LogP contribution >= 0.6 is 23.2 Å². The second-order valence-corrected chi connectivity index (χ2v) is 14.4. The summed E-state index contributed by atoms with van der Waals surface area (Å²) in [6.45, 7) is 2.53. The standard InChI is InChI=1S/C39H36Cl2F7N5O/c1-51(36(54)27-18-28(38(43,44)45)21-29(19-27)39(46,47)48)23-26(25-8-11-32(40)33(41)20-25)12-15-52-16-13-31(14-17-52)53(22-24-6-9-30(42)10-7-24)37-49-34-4-2-3-5-35(34)50-37/h2-11,18-21,26,31H,12-17,22-23H2,1H3,(H,49,50). The van der Waals surface area contributed by atoms with E-state index in [1.54, 1.807) is 30.3 Å². The summed E-state index contributed by atoms with van der Waals surface area (Å²) in [7, 11) is 1.35. The van der Waals surface area contributed by atoms with E-state index < -0.39 is 35.0 Å². The zero-order valence-corrected chi connectivity index (χ0v) is 30.5. The summed E-state index contributed by atoms with van der Waals surface area (Å²) in [6.07, 6.45) is -8.11. The molecule has 286 valence electrons. The number of H-pyrrole nitrogens is 1. The van der Waals surface area contributed by atoms with E-state index in [1.165, 1.54) is 19.2 Å². The van der Waals surface area contributed by atoms with Gasteiger partial charge in [-0.15, -0.1) is 0 Å². The van der Waals surface area contributed by atoms with E-state index in [9.17, 15) is 35.5 Å². The van der Waals surface area contributed by atoms with Gasteiger partial charge in [-0.05, 0) is 91.5 Å². The van der Waals surface area contributed by atoms with Gasteiger partial charge in [-0.3, -0.25) is 4.79 Å². The van der Waals surface area contributed by atoms with Crippen molar-refractivity contribution in [2.24, 2.45) is 0 Å². The van der Waals surface area contributed by atoms with Gasteiger partial charge in [-0.2, -0.15) is 26.3 Å². The molecule has 0 bridgehead atoms. The SMILES string of the molecule is CN(CC(CCN1CCC(N(Cc2ccc(F)cc2)c2nc3ccccc3[nH]2)CC1)c1ccc(Cl)c(Cl)c1)C(=O)c1cc(C(F)(F)F)cc(C(F)(F)F)c1. The van der Waals surface area contributed by atoms with Crippen molar-refractivity contribution in [2.75, 3.05) is 38.1 Å². The molecule has 0 spiro atoms. The average Bonchev–Trinajstić information content (AvgIpc) is 3.57. The first-order chi connectivity index (χ1) is 25.5. The number of nitrogens with zero attached hydrogens (tertiary/aromatic N) is 4. The van der Waals surface area contributed by atoms with Gasteiger partial charge in [0.15, 0.2) is 0 Å². The number of imidazole rings is 1. The highest BCUT2D eigenvalue weighted by Crippen LogP contribution is 2.37. The Morgan fingerprint density at radius 1 is 0.889 bits per heavy atom. The van der Waals surface area contributed by atoms with Crippen molar-refractivity contribution in [3.8, 4) is 0 Å². The third-order valence-electron chi connectivity index (χ3n) is 9.80. The number of likely N-dealkylation sites (tertiary alicyclic amines) is 1. The summed E-state index contributed by atoms with van der Waals surface area (Å²) in [5.74, 6) is -0.966. The molecule has 0 saturated carbocycles. The Morgan fingerprint density at radius 2 is 1.54 bits per heavy atom. The maximum atomic E-state index is 13.7. The molecule has 1 unspecified atom stereocenters. The molecular formula is C39H36Cl2F7N5O. The molecule has 1 fully saturated rings. The first-order valence-corrected chi connectivity index (χ1v) is 18.0. The number of fused-ring (bicyclic) bond motifs is 1. The van der Waals surface area contributed by atoms with Gasteiger partial charge >= 0.3 is 12.4 Å². The number of alkyl halides is 6. The molecular weight excluding hydrogens is 758 g/mol. The zero-order valence-electron chi connectivity index (χ0n) is 29.0. The fourth-order valence-electron chi connectivity index (χ4n) is 6.87. The number of carbonyl (C=O) groups is 1. The monoisotopic (exact) mass is 793 g/mol. The summed E-state index contributed by atoms with van der Waals surface area (Å²) in [5.41, 5.74) is -0.453. The first-order valence-electron chi connectivity index (χ1n) is 17.2. The Kier molecular flexibility index (Phi) is 11.8. The second kappa shape index (κ2) is 16.2. The molecule has 6 nitrogen and oxygen atoms in total. The molecule has 4 aromatic carbocycles. The number of hydrogen-bond acceptors (Lipinski definition) is 4. The molecule has 1 amide bonds. The highest BCUT2D eigenvalue weighted by Gasteiger charge is 2.38. The number of rotatable bonds is 11. The Bertz CT molecular complexity index is 2010. The van der Waals surface area contributed by atoms with Crippen molar-refractivity contribution < 1.29 is 35.5 Å². The number of amides is 1. The molecule has 2 heterocycles. The van der Waals surface area contributed by atoms with Crippen molar-refractivity contribution in [2.45, 2.75) is 50.1 Å². The van der Waals surface area contributed by atoms with Crippen molar-refractivity contribution in [3.05, 3.63) is 129 Å². The van der Waals surface area contributed by atoms with E-state index in [0.29, 0.717) is 42.2 Å². The molecule has 15 heteroatoms. The molecule has 1 saturated heterocycles. The fourth-order valence-corrected chi connectivity index (χ4v) is 7.18.